The Morgan fingerprint density at radius 1 is 0.956 bits per heavy atom. The van der Waals surface area contributed by atoms with Crippen molar-refractivity contribution in [2.45, 2.75) is 19.6 Å². The lowest BCUT2D eigenvalue weighted by Gasteiger charge is -2.25. The molecule has 45 heavy (non-hydrogen) atoms. The highest BCUT2D eigenvalue weighted by atomic mass is 79.9. The number of aromatic nitrogens is 1. The van der Waals surface area contributed by atoms with E-state index in [9.17, 15) is 9.59 Å². The van der Waals surface area contributed by atoms with Crippen LogP contribution in [0.2, 0.25) is 0 Å². The number of esters is 1. The van der Waals surface area contributed by atoms with Crippen LogP contribution in [0, 0.1) is 0 Å². The number of rotatable bonds is 9. The van der Waals surface area contributed by atoms with Crippen molar-refractivity contribution >= 4 is 45.0 Å². The summed E-state index contributed by atoms with van der Waals surface area (Å²) in [6.07, 6.45) is 1.79. The summed E-state index contributed by atoms with van der Waals surface area (Å²) in [7, 11) is 1.58. The maximum Gasteiger partial charge on any atom is 0.338 e. The molecule has 4 aromatic carbocycles. The summed E-state index contributed by atoms with van der Waals surface area (Å²) in [6.45, 7) is 2.26. The van der Waals surface area contributed by atoms with Gasteiger partial charge in [0.2, 0.25) is 0 Å². The van der Waals surface area contributed by atoms with Gasteiger partial charge in [0.15, 0.2) is 16.3 Å². The predicted octanol–water partition coefficient (Wildman–Crippen LogP) is 6.29. The van der Waals surface area contributed by atoms with Gasteiger partial charge in [0.1, 0.15) is 6.61 Å². The molecule has 1 aromatic heterocycles. The molecule has 1 atom stereocenters. The smallest absolute Gasteiger partial charge is 0.338 e. The fourth-order valence-corrected chi connectivity index (χ4v) is 6.49. The molecular formula is C36H29BrN2O5S. The molecule has 1 aliphatic heterocycles. The zero-order chi connectivity index (χ0) is 31.3. The van der Waals surface area contributed by atoms with Crippen LogP contribution < -0.4 is 24.4 Å². The number of methoxy groups -OCH3 is 1. The summed E-state index contributed by atoms with van der Waals surface area (Å²) in [6, 6.07) is 31.7. The van der Waals surface area contributed by atoms with Crippen molar-refractivity contribution in [2.75, 3.05) is 13.7 Å². The third-order valence-electron chi connectivity index (χ3n) is 7.30. The van der Waals surface area contributed by atoms with Crippen molar-refractivity contribution in [3.05, 3.63) is 155 Å². The van der Waals surface area contributed by atoms with Gasteiger partial charge in [-0.3, -0.25) is 9.36 Å². The summed E-state index contributed by atoms with van der Waals surface area (Å²) < 4.78 is 20.5. The lowest BCUT2D eigenvalue weighted by molar-refractivity contribution is -0.138. The van der Waals surface area contributed by atoms with Crippen LogP contribution in [0.1, 0.15) is 35.2 Å². The Balaban J connectivity index is 1.54. The van der Waals surface area contributed by atoms with Crippen LogP contribution in [-0.4, -0.2) is 24.3 Å². The number of carbonyl (C=O) groups excluding carboxylic acids is 1. The van der Waals surface area contributed by atoms with Crippen LogP contribution in [0.25, 0.3) is 11.8 Å². The number of fused-ring (bicyclic) bond motifs is 1. The highest BCUT2D eigenvalue weighted by Gasteiger charge is 2.35. The second-order valence-corrected chi connectivity index (χ2v) is 12.1. The zero-order valence-corrected chi connectivity index (χ0v) is 27.0. The molecule has 226 valence electrons. The van der Waals surface area contributed by atoms with Crippen LogP contribution in [0.4, 0.5) is 0 Å². The maximum absolute atomic E-state index is 14.3. The van der Waals surface area contributed by atoms with Crippen molar-refractivity contribution in [3.8, 4) is 11.5 Å². The number of thiazole rings is 1. The van der Waals surface area contributed by atoms with Gasteiger partial charge in [-0.2, -0.15) is 0 Å². The first-order chi connectivity index (χ1) is 22.0. The molecule has 6 rings (SSSR count). The Morgan fingerprint density at radius 3 is 2.36 bits per heavy atom. The number of ether oxygens (including phenoxy) is 3. The van der Waals surface area contributed by atoms with Crippen molar-refractivity contribution in [3.63, 3.8) is 0 Å². The molecule has 0 fully saturated rings. The molecule has 9 heteroatoms. The first kappa shape index (κ1) is 30.3. The van der Waals surface area contributed by atoms with Crippen LogP contribution in [0.15, 0.2) is 123 Å². The SMILES string of the molecule is CCOC(=O)C1=C(c2ccccc2)N=c2s/c(=C\c3cccc(OC)c3OCc3ccc(Br)cc3)c(=O)n2[C@@H]1c1ccccc1. The van der Waals surface area contributed by atoms with Crippen LogP contribution >= 0.6 is 27.3 Å². The lowest BCUT2D eigenvalue weighted by atomic mass is 9.93. The molecule has 7 nitrogen and oxygen atoms in total. The number of para-hydroxylation sites is 1. The molecule has 0 bridgehead atoms. The van der Waals surface area contributed by atoms with Crippen LogP contribution in [-0.2, 0) is 16.1 Å². The van der Waals surface area contributed by atoms with Gasteiger partial charge in [-0.1, -0.05) is 112 Å². The molecule has 0 aliphatic carbocycles. The van der Waals surface area contributed by atoms with Gasteiger partial charge >= 0.3 is 5.97 Å². The first-order valence-electron chi connectivity index (χ1n) is 14.4. The summed E-state index contributed by atoms with van der Waals surface area (Å²) in [4.78, 5) is 33.3. The molecule has 5 aromatic rings. The standard InChI is InChI=1S/C36H29BrN2O5S/c1-3-43-35(41)30-31(24-11-6-4-7-12-24)38-36-39(32(30)25-13-8-5-9-14-25)34(40)29(45-36)21-26-15-10-16-28(42-2)33(26)44-22-23-17-19-27(37)20-18-23/h4-21,32H,3,22H2,1-2H3/b29-21-/t32-/m1/s1. The van der Waals surface area contributed by atoms with Gasteiger partial charge in [0.25, 0.3) is 5.56 Å². The van der Waals surface area contributed by atoms with Crippen molar-refractivity contribution in [1.82, 2.24) is 4.57 Å². The maximum atomic E-state index is 14.3. The molecule has 0 spiro atoms. The average molecular weight is 682 g/mol. The molecular weight excluding hydrogens is 652 g/mol. The third-order valence-corrected chi connectivity index (χ3v) is 8.81. The Morgan fingerprint density at radius 2 is 1.67 bits per heavy atom. The predicted molar refractivity (Wildman–Crippen MR) is 179 cm³/mol. The number of halogens is 1. The van der Waals surface area contributed by atoms with Gasteiger partial charge in [0.05, 0.1) is 35.6 Å². The third kappa shape index (κ3) is 6.27. The Bertz CT molecular complexity index is 2050. The van der Waals surface area contributed by atoms with Gasteiger partial charge in [0, 0.05) is 15.6 Å². The van der Waals surface area contributed by atoms with E-state index in [-0.39, 0.29) is 12.2 Å². The van der Waals surface area contributed by atoms with Crippen molar-refractivity contribution in [1.29, 1.82) is 0 Å². The quantitative estimate of drug-likeness (QED) is 0.171. The van der Waals surface area contributed by atoms with E-state index in [2.05, 4.69) is 15.9 Å². The second kappa shape index (κ2) is 13.5. The fourth-order valence-electron chi connectivity index (χ4n) is 5.23. The molecule has 1 aliphatic rings. The molecule has 0 saturated carbocycles. The van der Waals surface area contributed by atoms with E-state index in [0.717, 1.165) is 21.2 Å². The topological polar surface area (TPSA) is 79.1 Å². The lowest BCUT2D eigenvalue weighted by Crippen LogP contribution is -2.40. The highest BCUT2D eigenvalue weighted by Crippen LogP contribution is 2.36. The monoisotopic (exact) mass is 680 g/mol. The number of hydrogen-bond donors (Lipinski definition) is 0. The first-order valence-corrected chi connectivity index (χ1v) is 16.0. The largest absolute Gasteiger partial charge is 0.493 e. The van der Waals surface area contributed by atoms with E-state index in [0.29, 0.717) is 44.3 Å². The summed E-state index contributed by atoms with van der Waals surface area (Å²) in [5.74, 6) is 0.553. The minimum absolute atomic E-state index is 0.190. The summed E-state index contributed by atoms with van der Waals surface area (Å²) >= 11 is 4.73. The van der Waals surface area contributed by atoms with Crippen molar-refractivity contribution < 1.29 is 19.0 Å². The van der Waals surface area contributed by atoms with E-state index in [1.165, 1.54) is 11.3 Å². The second-order valence-electron chi connectivity index (χ2n) is 10.1. The Labute approximate surface area is 272 Å². The van der Waals surface area contributed by atoms with E-state index < -0.39 is 12.0 Å². The van der Waals surface area contributed by atoms with E-state index >= 15 is 0 Å². The van der Waals surface area contributed by atoms with Gasteiger partial charge < -0.3 is 14.2 Å². The Kier molecular flexibility index (Phi) is 9.09. The average Bonchev–Trinajstić information content (AvgIpc) is 3.38. The minimum atomic E-state index is -0.739. The zero-order valence-electron chi connectivity index (χ0n) is 24.6. The van der Waals surface area contributed by atoms with Gasteiger partial charge in [-0.05, 0) is 42.3 Å². The minimum Gasteiger partial charge on any atom is -0.493 e. The number of hydrogen-bond acceptors (Lipinski definition) is 7. The molecule has 0 radical (unpaired) electrons. The van der Waals surface area contributed by atoms with Crippen molar-refractivity contribution in [2.24, 2.45) is 4.99 Å². The fraction of sp³-hybridized carbons (Fsp3) is 0.139. The summed E-state index contributed by atoms with van der Waals surface area (Å²) in [5.41, 5.74) is 3.72. The molecule has 0 unspecified atom stereocenters. The summed E-state index contributed by atoms with van der Waals surface area (Å²) in [5, 5.41) is 0. The molecule has 2 heterocycles. The Hall–Kier alpha value is -4.73. The van der Waals surface area contributed by atoms with E-state index in [1.807, 2.05) is 103 Å². The van der Waals surface area contributed by atoms with E-state index in [1.54, 1.807) is 24.7 Å². The molecule has 0 N–H and O–H groups in total. The highest BCUT2D eigenvalue weighted by molar-refractivity contribution is 9.10. The van der Waals surface area contributed by atoms with E-state index in [4.69, 9.17) is 19.2 Å². The van der Waals surface area contributed by atoms with Crippen LogP contribution in [0.3, 0.4) is 0 Å². The van der Waals surface area contributed by atoms with Gasteiger partial charge in [-0.15, -0.1) is 0 Å². The number of benzene rings is 4. The molecule has 0 amide bonds. The van der Waals surface area contributed by atoms with Gasteiger partial charge in [-0.25, -0.2) is 9.79 Å². The normalized spacial score (nSPS) is 14.5. The van der Waals surface area contributed by atoms with Crippen LogP contribution in [0.5, 0.6) is 11.5 Å². The molecule has 0 saturated heterocycles. The number of carbonyl (C=O) groups is 1. The number of nitrogens with zero attached hydrogens (tertiary/aromatic N) is 2.